The molecule has 3 rings (SSSR count). The lowest BCUT2D eigenvalue weighted by Gasteiger charge is -2.19. The highest BCUT2D eigenvalue weighted by Gasteiger charge is 2.30. The number of benzene rings is 1. The van der Waals surface area contributed by atoms with Gasteiger partial charge in [0.1, 0.15) is 17.1 Å². The molecule has 0 spiro atoms. The lowest BCUT2D eigenvalue weighted by molar-refractivity contribution is -0.130. The van der Waals surface area contributed by atoms with Gasteiger partial charge in [0.2, 0.25) is 5.91 Å². The molecule has 1 amide bonds. The number of furan rings is 1. The van der Waals surface area contributed by atoms with Crippen molar-refractivity contribution in [2.45, 2.75) is 30.0 Å². The Morgan fingerprint density at radius 1 is 1.38 bits per heavy atom. The number of hydrogen-bond donors (Lipinski definition) is 0. The summed E-state index contributed by atoms with van der Waals surface area (Å²) in [5, 5.41) is -0.108. The van der Waals surface area contributed by atoms with Crippen LogP contribution in [0.2, 0.25) is 0 Å². The Morgan fingerprint density at radius 2 is 2.12 bits per heavy atom. The summed E-state index contributed by atoms with van der Waals surface area (Å²) >= 11 is 1.60. The van der Waals surface area contributed by atoms with E-state index in [-0.39, 0.29) is 11.2 Å². The van der Waals surface area contributed by atoms with E-state index in [0.717, 1.165) is 6.42 Å². The van der Waals surface area contributed by atoms with Gasteiger partial charge in [-0.15, -0.1) is 11.8 Å². The lowest BCUT2D eigenvalue weighted by atomic mass is 10.1. The van der Waals surface area contributed by atoms with E-state index in [0.29, 0.717) is 23.6 Å². The highest BCUT2D eigenvalue weighted by Crippen LogP contribution is 2.37. The number of nitrogens with zero attached hydrogens (tertiary/aromatic N) is 1. The predicted octanol–water partition coefficient (Wildman–Crippen LogP) is 3.05. The molecule has 1 unspecified atom stereocenters. The van der Waals surface area contributed by atoms with Crippen molar-refractivity contribution in [2.75, 3.05) is 14.2 Å². The van der Waals surface area contributed by atoms with Crippen molar-refractivity contribution in [3.05, 3.63) is 53.0 Å². The number of carbonyl (C=O) groups excluding carboxylic acids is 2. The summed E-state index contributed by atoms with van der Waals surface area (Å²) < 4.78 is 10.3. The fourth-order valence-electron chi connectivity index (χ4n) is 2.81. The molecule has 6 heteroatoms. The van der Waals surface area contributed by atoms with Crippen molar-refractivity contribution in [3.63, 3.8) is 0 Å². The zero-order valence-electron chi connectivity index (χ0n) is 13.9. The third-order valence-electron chi connectivity index (χ3n) is 4.07. The van der Waals surface area contributed by atoms with E-state index in [2.05, 4.69) is 6.07 Å². The van der Waals surface area contributed by atoms with Crippen molar-refractivity contribution < 1.29 is 18.7 Å². The molecular formula is C18H19NO4S. The maximum atomic E-state index is 12.7. The van der Waals surface area contributed by atoms with Crippen molar-refractivity contribution in [2.24, 2.45) is 0 Å². The first kappa shape index (κ1) is 16.6. The number of rotatable bonds is 4. The topological polar surface area (TPSA) is 59.8 Å². The van der Waals surface area contributed by atoms with Crippen LogP contribution in [0, 0.1) is 6.92 Å². The van der Waals surface area contributed by atoms with Gasteiger partial charge in [0, 0.05) is 11.9 Å². The third-order valence-corrected chi connectivity index (χ3v) is 5.37. The fourth-order valence-corrected chi connectivity index (χ4v) is 4.12. The second-order valence-corrected chi connectivity index (χ2v) is 7.03. The summed E-state index contributed by atoms with van der Waals surface area (Å²) in [6, 6.07) is 9.74. The largest absolute Gasteiger partial charge is 0.465 e. The summed E-state index contributed by atoms with van der Waals surface area (Å²) in [7, 11) is 3.08. The number of amides is 1. The second kappa shape index (κ2) is 6.73. The van der Waals surface area contributed by atoms with Crippen LogP contribution in [0.5, 0.6) is 0 Å². The molecule has 0 radical (unpaired) electrons. The van der Waals surface area contributed by atoms with Crippen LogP contribution in [0.4, 0.5) is 0 Å². The molecular weight excluding hydrogens is 326 g/mol. The normalized spacial score (nSPS) is 15.9. The zero-order valence-corrected chi connectivity index (χ0v) is 14.7. The number of thioether (sulfide) groups is 1. The molecule has 0 aliphatic carbocycles. The Labute approximate surface area is 145 Å². The first-order valence-corrected chi connectivity index (χ1v) is 8.54. The van der Waals surface area contributed by atoms with Crippen LogP contribution in [0.3, 0.4) is 0 Å². The summed E-state index contributed by atoms with van der Waals surface area (Å²) in [6.45, 7) is 2.03. The van der Waals surface area contributed by atoms with Gasteiger partial charge >= 0.3 is 5.97 Å². The quantitative estimate of drug-likeness (QED) is 0.797. The molecule has 1 aromatic heterocycles. The Hall–Kier alpha value is -2.21. The minimum atomic E-state index is -0.432. The maximum Gasteiger partial charge on any atom is 0.341 e. The van der Waals surface area contributed by atoms with Gasteiger partial charge in [0.25, 0.3) is 0 Å². The van der Waals surface area contributed by atoms with Gasteiger partial charge in [0.05, 0.1) is 18.9 Å². The average molecular weight is 345 g/mol. The molecule has 1 aliphatic heterocycles. The van der Waals surface area contributed by atoms with E-state index < -0.39 is 5.97 Å². The van der Waals surface area contributed by atoms with Crippen LogP contribution >= 0.6 is 11.8 Å². The molecule has 126 valence electrons. The third kappa shape index (κ3) is 3.19. The molecule has 5 nitrogen and oxygen atoms in total. The predicted molar refractivity (Wildman–Crippen MR) is 91.0 cm³/mol. The van der Waals surface area contributed by atoms with Gasteiger partial charge < -0.3 is 14.1 Å². The number of carbonyl (C=O) groups is 2. The monoisotopic (exact) mass is 345 g/mol. The van der Waals surface area contributed by atoms with Crippen LogP contribution < -0.4 is 0 Å². The van der Waals surface area contributed by atoms with Crippen LogP contribution in [-0.2, 0) is 22.5 Å². The highest BCUT2D eigenvalue weighted by molar-refractivity contribution is 8.01. The van der Waals surface area contributed by atoms with E-state index in [4.69, 9.17) is 9.15 Å². The van der Waals surface area contributed by atoms with Crippen molar-refractivity contribution in [1.29, 1.82) is 0 Å². The average Bonchev–Trinajstić information content (AvgIpc) is 3.16. The first-order chi connectivity index (χ1) is 11.5. The maximum absolute atomic E-state index is 12.7. The molecule has 24 heavy (non-hydrogen) atoms. The smallest absolute Gasteiger partial charge is 0.341 e. The van der Waals surface area contributed by atoms with Gasteiger partial charge in [0.15, 0.2) is 0 Å². The first-order valence-electron chi connectivity index (χ1n) is 7.66. The van der Waals surface area contributed by atoms with Crippen LogP contribution in [0.25, 0.3) is 0 Å². The molecule has 2 aromatic rings. The Kier molecular flexibility index (Phi) is 4.66. The van der Waals surface area contributed by atoms with Crippen LogP contribution in [0.15, 0.2) is 39.6 Å². The van der Waals surface area contributed by atoms with E-state index in [1.807, 2.05) is 18.2 Å². The second-order valence-electron chi connectivity index (χ2n) is 5.79. The molecule has 0 N–H and O–H groups in total. The van der Waals surface area contributed by atoms with Gasteiger partial charge in [-0.05, 0) is 31.0 Å². The minimum absolute atomic E-state index is 0.0601. The summed E-state index contributed by atoms with van der Waals surface area (Å²) in [6.07, 6.45) is 0.745. The molecule has 1 aliphatic rings. The number of methoxy groups -OCH3 is 1. The molecule has 0 fully saturated rings. The molecule has 0 bridgehead atoms. The molecule has 2 heterocycles. The van der Waals surface area contributed by atoms with Gasteiger partial charge in [-0.3, -0.25) is 4.79 Å². The lowest BCUT2D eigenvalue weighted by Crippen LogP contribution is -2.34. The van der Waals surface area contributed by atoms with Gasteiger partial charge in [-0.1, -0.05) is 18.2 Å². The van der Waals surface area contributed by atoms with Gasteiger partial charge in [-0.2, -0.15) is 0 Å². The highest BCUT2D eigenvalue weighted by atomic mass is 32.2. The zero-order chi connectivity index (χ0) is 17.3. The Balaban J connectivity index is 1.66. The SMILES string of the molecule is COC(=O)c1cc(CN(C)C(=O)C2Cc3ccccc3S2)oc1C. The van der Waals surface area contributed by atoms with E-state index in [1.165, 1.54) is 17.6 Å². The number of ether oxygens (including phenoxy) is 1. The van der Waals surface area contributed by atoms with Crippen molar-refractivity contribution >= 4 is 23.6 Å². The van der Waals surface area contributed by atoms with E-state index >= 15 is 0 Å². The van der Waals surface area contributed by atoms with Crippen LogP contribution in [-0.4, -0.2) is 36.2 Å². The number of fused-ring (bicyclic) bond motifs is 1. The standard InChI is InChI=1S/C18H19NO4S/c1-11-14(18(21)22-3)9-13(23-11)10-19(2)17(20)16-8-12-6-4-5-7-15(12)24-16/h4-7,9,16H,8,10H2,1-3H3. The summed E-state index contributed by atoms with van der Waals surface area (Å²) in [5.41, 5.74) is 1.62. The number of aryl methyl sites for hydroxylation is 1. The number of hydrogen-bond acceptors (Lipinski definition) is 5. The number of esters is 1. The summed E-state index contributed by atoms with van der Waals surface area (Å²) in [5.74, 6) is 0.702. The molecule has 1 aromatic carbocycles. The van der Waals surface area contributed by atoms with Gasteiger partial charge in [-0.25, -0.2) is 4.79 Å². The van der Waals surface area contributed by atoms with E-state index in [9.17, 15) is 9.59 Å². The Bertz CT molecular complexity index is 758. The molecule has 0 saturated heterocycles. The fraction of sp³-hybridized carbons (Fsp3) is 0.333. The molecule has 0 saturated carbocycles. The Morgan fingerprint density at radius 3 is 2.83 bits per heavy atom. The summed E-state index contributed by atoms with van der Waals surface area (Å²) in [4.78, 5) is 27.1. The minimum Gasteiger partial charge on any atom is -0.465 e. The van der Waals surface area contributed by atoms with E-state index in [1.54, 1.807) is 36.7 Å². The van der Waals surface area contributed by atoms with Crippen molar-refractivity contribution in [3.8, 4) is 0 Å². The van der Waals surface area contributed by atoms with Crippen molar-refractivity contribution in [1.82, 2.24) is 4.90 Å². The molecule has 1 atom stereocenters. The van der Waals surface area contributed by atoms with Crippen LogP contribution in [0.1, 0.15) is 27.4 Å².